The summed E-state index contributed by atoms with van der Waals surface area (Å²) in [5.41, 5.74) is 7.53. The molecule has 0 amide bonds. The lowest BCUT2D eigenvalue weighted by Gasteiger charge is -2.07. The number of anilines is 3. The number of benzene rings is 1. The summed E-state index contributed by atoms with van der Waals surface area (Å²) in [5.74, 6) is 0.289. The highest BCUT2D eigenvalue weighted by Crippen LogP contribution is 2.32. The van der Waals surface area contributed by atoms with E-state index < -0.39 is 0 Å². The van der Waals surface area contributed by atoms with Crippen LogP contribution in [0.25, 0.3) is 21.1 Å². The number of fused-ring (bicyclic) bond motifs is 2. The maximum absolute atomic E-state index is 12.0. The summed E-state index contributed by atoms with van der Waals surface area (Å²) in [6, 6.07) is 7.50. The molecule has 4 aromatic rings. The van der Waals surface area contributed by atoms with Gasteiger partial charge < -0.3 is 15.8 Å². The van der Waals surface area contributed by atoms with Gasteiger partial charge in [-0.2, -0.15) is 10.1 Å². The molecule has 0 saturated carbocycles. The first-order valence-electron chi connectivity index (χ1n) is 7.58. The van der Waals surface area contributed by atoms with E-state index in [2.05, 4.69) is 25.5 Å². The van der Waals surface area contributed by atoms with E-state index >= 15 is 0 Å². The predicted octanol–water partition coefficient (Wildman–Crippen LogP) is 3.07. The van der Waals surface area contributed by atoms with Gasteiger partial charge in [-0.15, -0.1) is 11.3 Å². The molecule has 0 aliphatic heterocycles. The van der Waals surface area contributed by atoms with Crippen molar-refractivity contribution < 1.29 is 9.53 Å². The van der Waals surface area contributed by atoms with E-state index in [-0.39, 0.29) is 11.9 Å². The molecule has 0 saturated heterocycles. The van der Waals surface area contributed by atoms with E-state index in [1.54, 1.807) is 19.2 Å². The number of rotatable bonds is 4. The van der Waals surface area contributed by atoms with Crippen LogP contribution in [0.4, 0.5) is 17.5 Å². The van der Waals surface area contributed by atoms with Gasteiger partial charge in [0.1, 0.15) is 15.5 Å². The van der Waals surface area contributed by atoms with Crippen molar-refractivity contribution in [3.05, 3.63) is 35.3 Å². The summed E-state index contributed by atoms with van der Waals surface area (Å²) in [5, 5.41) is 11.9. The summed E-state index contributed by atoms with van der Waals surface area (Å²) in [4.78, 5) is 21.5. The molecule has 4 rings (SSSR count). The second-order valence-electron chi connectivity index (χ2n) is 5.28. The third-order valence-corrected chi connectivity index (χ3v) is 4.60. The molecule has 126 valence electrons. The van der Waals surface area contributed by atoms with Crippen molar-refractivity contribution in [3.8, 4) is 0 Å². The van der Waals surface area contributed by atoms with Gasteiger partial charge in [0.2, 0.25) is 5.95 Å². The molecule has 0 aliphatic carbocycles. The number of hydrogen-bond acceptors (Lipinski definition) is 8. The van der Waals surface area contributed by atoms with Gasteiger partial charge >= 0.3 is 5.97 Å². The van der Waals surface area contributed by atoms with Crippen LogP contribution < -0.4 is 11.1 Å². The Morgan fingerprint density at radius 3 is 3.08 bits per heavy atom. The molecule has 9 heteroatoms. The minimum absolute atomic E-state index is 0.134. The zero-order chi connectivity index (χ0) is 17.4. The molecule has 0 aliphatic rings. The molecule has 3 aromatic heterocycles. The van der Waals surface area contributed by atoms with Gasteiger partial charge in [0.05, 0.1) is 23.7 Å². The molecule has 0 fully saturated rings. The highest BCUT2D eigenvalue weighted by atomic mass is 32.1. The van der Waals surface area contributed by atoms with E-state index in [4.69, 9.17) is 10.5 Å². The molecule has 0 unspecified atom stereocenters. The Morgan fingerprint density at radius 1 is 1.36 bits per heavy atom. The van der Waals surface area contributed by atoms with Crippen LogP contribution >= 0.6 is 11.3 Å². The fraction of sp³-hybridized carbons (Fsp3) is 0.125. The number of nitrogens with two attached hydrogens (primary N) is 1. The highest BCUT2D eigenvalue weighted by Gasteiger charge is 2.16. The van der Waals surface area contributed by atoms with Crippen molar-refractivity contribution in [2.24, 2.45) is 0 Å². The molecular weight excluding hydrogens is 340 g/mol. The third-order valence-electron chi connectivity index (χ3n) is 3.59. The lowest BCUT2D eigenvalue weighted by atomic mass is 10.2. The van der Waals surface area contributed by atoms with E-state index in [0.717, 1.165) is 16.6 Å². The van der Waals surface area contributed by atoms with E-state index in [1.165, 1.54) is 11.3 Å². The van der Waals surface area contributed by atoms with Crippen LogP contribution in [-0.2, 0) is 4.74 Å². The number of nitrogens with one attached hydrogen (secondary N) is 2. The Labute approximate surface area is 146 Å². The number of aromatic amines is 1. The minimum atomic E-state index is -0.381. The molecular formula is C16H14N6O2S. The second-order valence-corrected chi connectivity index (χ2v) is 6.31. The van der Waals surface area contributed by atoms with Crippen molar-refractivity contribution in [1.82, 2.24) is 20.2 Å². The van der Waals surface area contributed by atoms with Gasteiger partial charge in [-0.3, -0.25) is 5.10 Å². The number of thiophene rings is 1. The monoisotopic (exact) mass is 354 g/mol. The number of aromatic nitrogens is 4. The lowest BCUT2D eigenvalue weighted by Crippen LogP contribution is -2.01. The molecule has 0 atom stereocenters. The van der Waals surface area contributed by atoms with Crippen LogP contribution in [0.15, 0.2) is 30.5 Å². The molecule has 0 spiro atoms. The SMILES string of the molecule is CCOC(=O)c1cc2c(Nc3ccc4cn[nH]c4c3)nc(N)nc2s1. The Hall–Kier alpha value is -3.20. The van der Waals surface area contributed by atoms with Crippen LogP contribution in [0.5, 0.6) is 0 Å². The number of nitrogens with zero attached hydrogens (tertiary/aromatic N) is 3. The van der Waals surface area contributed by atoms with Gasteiger partial charge in [0, 0.05) is 11.1 Å². The van der Waals surface area contributed by atoms with E-state index in [1.807, 2.05) is 18.2 Å². The molecule has 0 bridgehead atoms. The fourth-order valence-electron chi connectivity index (χ4n) is 2.49. The Bertz CT molecular complexity index is 1090. The van der Waals surface area contributed by atoms with E-state index in [0.29, 0.717) is 27.5 Å². The smallest absolute Gasteiger partial charge is 0.348 e. The summed E-state index contributed by atoms with van der Waals surface area (Å²) < 4.78 is 5.05. The number of esters is 1. The first-order chi connectivity index (χ1) is 12.1. The summed E-state index contributed by atoms with van der Waals surface area (Å²) >= 11 is 1.23. The van der Waals surface area contributed by atoms with E-state index in [9.17, 15) is 4.79 Å². The van der Waals surface area contributed by atoms with Crippen molar-refractivity contribution in [3.63, 3.8) is 0 Å². The summed E-state index contributed by atoms with van der Waals surface area (Å²) in [6.45, 7) is 2.08. The molecule has 1 aromatic carbocycles. The average Bonchev–Trinajstić information content (AvgIpc) is 3.21. The summed E-state index contributed by atoms with van der Waals surface area (Å²) in [7, 11) is 0. The maximum Gasteiger partial charge on any atom is 0.348 e. The number of ether oxygens (including phenoxy) is 1. The topological polar surface area (TPSA) is 119 Å². The van der Waals surface area contributed by atoms with Gasteiger partial charge in [0.25, 0.3) is 0 Å². The largest absolute Gasteiger partial charge is 0.462 e. The minimum Gasteiger partial charge on any atom is -0.462 e. The van der Waals surface area contributed by atoms with Crippen LogP contribution in [0, 0.1) is 0 Å². The van der Waals surface area contributed by atoms with Crippen LogP contribution in [0.3, 0.4) is 0 Å². The zero-order valence-corrected chi connectivity index (χ0v) is 14.1. The Kier molecular flexibility index (Phi) is 3.69. The van der Waals surface area contributed by atoms with Crippen molar-refractivity contribution in [2.75, 3.05) is 17.7 Å². The fourth-order valence-corrected chi connectivity index (χ4v) is 3.42. The highest BCUT2D eigenvalue weighted by molar-refractivity contribution is 7.20. The first kappa shape index (κ1) is 15.3. The number of nitrogen functional groups attached to an aromatic ring is 1. The van der Waals surface area contributed by atoms with Gasteiger partial charge in [-0.1, -0.05) is 0 Å². The summed E-state index contributed by atoms with van der Waals surface area (Å²) in [6.07, 6.45) is 1.75. The third kappa shape index (κ3) is 2.85. The maximum atomic E-state index is 12.0. The normalized spacial score (nSPS) is 11.1. The Morgan fingerprint density at radius 2 is 2.24 bits per heavy atom. The van der Waals surface area contributed by atoms with Crippen LogP contribution in [0.1, 0.15) is 16.6 Å². The molecule has 3 heterocycles. The molecule has 25 heavy (non-hydrogen) atoms. The van der Waals surface area contributed by atoms with Crippen molar-refractivity contribution in [2.45, 2.75) is 6.92 Å². The number of hydrogen-bond donors (Lipinski definition) is 3. The van der Waals surface area contributed by atoms with Gasteiger partial charge in [-0.25, -0.2) is 9.78 Å². The number of carbonyl (C=O) groups excluding carboxylic acids is 1. The second kappa shape index (κ2) is 6.02. The Balaban J connectivity index is 1.75. The van der Waals surface area contributed by atoms with Crippen molar-refractivity contribution >= 4 is 55.9 Å². The molecule has 0 radical (unpaired) electrons. The molecule has 8 nitrogen and oxygen atoms in total. The average molecular weight is 354 g/mol. The van der Waals surface area contributed by atoms with Crippen LogP contribution in [-0.4, -0.2) is 32.7 Å². The zero-order valence-electron chi connectivity index (χ0n) is 13.2. The van der Waals surface area contributed by atoms with Gasteiger partial charge in [0.15, 0.2) is 0 Å². The first-order valence-corrected chi connectivity index (χ1v) is 8.40. The number of H-pyrrole nitrogens is 1. The lowest BCUT2D eigenvalue weighted by molar-refractivity contribution is 0.0532. The quantitative estimate of drug-likeness (QED) is 0.482. The predicted molar refractivity (Wildman–Crippen MR) is 97.2 cm³/mol. The standard InChI is InChI=1S/C16H14N6O2S/c1-2-24-15(23)12-6-10-13(20-16(17)21-14(10)25-12)19-9-4-3-8-7-18-22-11(8)5-9/h3-7H,2H2,1H3,(H,18,22)(H3,17,19,20,21). The number of carbonyl (C=O) groups is 1. The van der Waals surface area contributed by atoms with Crippen LogP contribution in [0.2, 0.25) is 0 Å². The molecule has 4 N–H and O–H groups in total. The van der Waals surface area contributed by atoms with Gasteiger partial charge in [-0.05, 0) is 31.2 Å². The van der Waals surface area contributed by atoms with Crippen molar-refractivity contribution in [1.29, 1.82) is 0 Å².